The topological polar surface area (TPSA) is 42.2 Å². The molecule has 0 fully saturated rings. The summed E-state index contributed by atoms with van der Waals surface area (Å²) in [6, 6.07) is 11.4. The lowest BCUT2D eigenvalue weighted by Gasteiger charge is -2.12. The predicted molar refractivity (Wildman–Crippen MR) is 78.7 cm³/mol. The Morgan fingerprint density at radius 3 is 2.71 bits per heavy atom. The fraction of sp³-hybridized carbons (Fsp3) is 0.188. The summed E-state index contributed by atoms with van der Waals surface area (Å²) in [5.74, 6) is 0.0544. The molecule has 0 aromatic heterocycles. The first-order valence-corrected chi connectivity index (χ1v) is 6.73. The average molecular weight is 306 g/mol. The van der Waals surface area contributed by atoms with E-state index in [0.29, 0.717) is 29.0 Å². The molecule has 0 aliphatic carbocycles. The van der Waals surface area contributed by atoms with E-state index in [1.807, 2.05) is 6.92 Å². The van der Waals surface area contributed by atoms with Gasteiger partial charge in [0.1, 0.15) is 11.6 Å². The number of nitriles is 1. The highest BCUT2D eigenvalue weighted by Gasteiger charge is 2.10. The standard InChI is InChI=1S/C16H13ClFNO2/c1-2-20-10-21-16-6-3-11(9-19)7-13(16)12-4-5-15(18)14(17)8-12/h3-8H,2,10H2,1H3. The number of rotatable bonds is 5. The molecule has 0 heterocycles. The van der Waals surface area contributed by atoms with E-state index in [1.165, 1.54) is 12.1 Å². The van der Waals surface area contributed by atoms with Gasteiger partial charge >= 0.3 is 0 Å². The maximum absolute atomic E-state index is 13.3. The summed E-state index contributed by atoms with van der Waals surface area (Å²) >= 11 is 5.81. The SMILES string of the molecule is CCOCOc1ccc(C#N)cc1-c1ccc(F)c(Cl)c1. The van der Waals surface area contributed by atoms with E-state index < -0.39 is 5.82 Å². The molecular formula is C16H13ClFNO2. The first kappa shape index (κ1) is 15.3. The van der Waals surface area contributed by atoms with Crippen molar-refractivity contribution >= 4 is 11.6 Å². The van der Waals surface area contributed by atoms with Gasteiger partial charge in [0.25, 0.3) is 0 Å². The van der Waals surface area contributed by atoms with Crippen molar-refractivity contribution in [1.29, 1.82) is 5.26 Å². The third kappa shape index (κ3) is 3.72. The van der Waals surface area contributed by atoms with E-state index in [1.54, 1.807) is 24.3 Å². The molecule has 2 rings (SSSR count). The van der Waals surface area contributed by atoms with Crippen LogP contribution in [0.1, 0.15) is 12.5 Å². The van der Waals surface area contributed by atoms with E-state index in [2.05, 4.69) is 6.07 Å². The van der Waals surface area contributed by atoms with E-state index in [4.69, 9.17) is 26.3 Å². The molecule has 0 saturated heterocycles. The Balaban J connectivity index is 2.43. The largest absolute Gasteiger partial charge is 0.467 e. The molecule has 2 aromatic carbocycles. The third-order valence-electron chi connectivity index (χ3n) is 2.84. The van der Waals surface area contributed by atoms with Gasteiger partial charge in [-0.1, -0.05) is 17.7 Å². The molecule has 0 aliphatic heterocycles. The van der Waals surface area contributed by atoms with Crippen LogP contribution in [0.25, 0.3) is 11.1 Å². The fourth-order valence-electron chi connectivity index (χ4n) is 1.80. The maximum Gasteiger partial charge on any atom is 0.189 e. The molecule has 0 unspecified atom stereocenters. The van der Waals surface area contributed by atoms with Crippen molar-refractivity contribution < 1.29 is 13.9 Å². The molecule has 0 amide bonds. The van der Waals surface area contributed by atoms with Crippen molar-refractivity contribution in [2.45, 2.75) is 6.92 Å². The summed E-state index contributed by atoms with van der Waals surface area (Å²) < 4.78 is 24.0. The average Bonchev–Trinajstić information content (AvgIpc) is 2.50. The Hall–Kier alpha value is -2.09. The monoisotopic (exact) mass is 305 g/mol. The van der Waals surface area contributed by atoms with Crippen LogP contribution in [-0.2, 0) is 4.74 Å². The van der Waals surface area contributed by atoms with Crippen LogP contribution in [0.4, 0.5) is 4.39 Å². The second-order valence-electron chi connectivity index (χ2n) is 4.21. The van der Waals surface area contributed by atoms with Gasteiger partial charge < -0.3 is 9.47 Å². The van der Waals surface area contributed by atoms with Crippen LogP contribution in [0.15, 0.2) is 36.4 Å². The number of halogens is 2. The molecule has 21 heavy (non-hydrogen) atoms. The quantitative estimate of drug-likeness (QED) is 0.607. The number of hydrogen-bond donors (Lipinski definition) is 0. The van der Waals surface area contributed by atoms with Gasteiger partial charge in [0.15, 0.2) is 6.79 Å². The van der Waals surface area contributed by atoms with Crippen LogP contribution in [0, 0.1) is 17.1 Å². The van der Waals surface area contributed by atoms with Crippen molar-refractivity contribution in [3.05, 3.63) is 52.8 Å². The Morgan fingerprint density at radius 2 is 2.05 bits per heavy atom. The molecule has 108 valence electrons. The van der Waals surface area contributed by atoms with Crippen molar-refractivity contribution in [2.75, 3.05) is 13.4 Å². The second kappa shape index (κ2) is 7.07. The molecule has 0 N–H and O–H groups in total. The first-order chi connectivity index (χ1) is 10.2. The lowest BCUT2D eigenvalue weighted by atomic mass is 10.0. The minimum absolute atomic E-state index is 0.0191. The summed E-state index contributed by atoms with van der Waals surface area (Å²) in [7, 11) is 0. The zero-order valence-corrected chi connectivity index (χ0v) is 12.2. The van der Waals surface area contributed by atoms with Gasteiger partial charge in [-0.3, -0.25) is 0 Å². The molecule has 5 heteroatoms. The van der Waals surface area contributed by atoms with Gasteiger partial charge in [-0.25, -0.2) is 4.39 Å². The van der Waals surface area contributed by atoms with Gasteiger partial charge in [-0.15, -0.1) is 0 Å². The van der Waals surface area contributed by atoms with E-state index in [9.17, 15) is 4.39 Å². The van der Waals surface area contributed by atoms with Crippen LogP contribution in [0.3, 0.4) is 0 Å². The number of benzene rings is 2. The zero-order chi connectivity index (χ0) is 15.2. The van der Waals surface area contributed by atoms with Gasteiger partial charge in [0.2, 0.25) is 0 Å². The first-order valence-electron chi connectivity index (χ1n) is 6.35. The highest BCUT2D eigenvalue weighted by molar-refractivity contribution is 6.31. The van der Waals surface area contributed by atoms with Crippen molar-refractivity contribution in [2.24, 2.45) is 0 Å². The molecule has 0 saturated carbocycles. The van der Waals surface area contributed by atoms with Gasteiger partial charge in [0, 0.05) is 12.2 Å². The molecule has 3 nitrogen and oxygen atoms in total. The zero-order valence-electron chi connectivity index (χ0n) is 11.4. The fourth-order valence-corrected chi connectivity index (χ4v) is 1.98. The molecule has 0 aliphatic rings. The second-order valence-corrected chi connectivity index (χ2v) is 4.61. The van der Waals surface area contributed by atoms with Crippen LogP contribution in [-0.4, -0.2) is 13.4 Å². The highest BCUT2D eigenvalue weighted by atomic mass is 35.5. The smallest absolute Gasteiger partial charge is 0.189 e. The molecule has 0 spiro atoms. The Bertz CT molecular complexity index is 682. The Kier molecular flexibility index (Phi) is 5.15. The highest BCUT2D eigenvalue weighted by Crippen LogP contribution is 2.33. The van der Waals surface area contributed by atoms with E-state index in [-0.39, 0.29) is 11.8 Å². The molecule has 2 aromatic rings. The van der Waals surface area contributed by atoms with Gasteiger partial charge in [0.05, 0.1) is 16.7 Å². The summed E-state index contributed by atoms with van der Waals surface area (Å²) in [6.07, 6.45) is 0. The Labute approximate surface area is 127 Å². The normalized spacial score (nSPS) is 10.2. The van der Waals surface area contributed by atoms with E-state index in [0.717, 1.165) is 0 Å². The molecule has 0 atom stereocenters. The lowest BCUT2D eigenvalue weighted by molar-refractivity contribution is 0.0227. The van der Waals surface area contributed by atoms with Crippen molar-refractivity contribution in [1.82, 2.24) is 0 Å². The molecule has 0 radical (unpaired) electrons. The number of nitrogens with zero attached hydrogens (tertiary/aromatic N) is 1. The summed E-state index contributed by atoms with van der Waals surface area (Å²) in [4.78, 5) is 0. The van der Waals surface area contributed by atoms with Crippen molar-refractivity contribution in [3.63, 3.8) is 0 Å². The minimum Gasteiger partial charge on any atom is -0.467 e. The summed E-state index contributed by atoms with van der Waals surface area (Å²) in [5.41, 5.74) is 1.81. The van der Waals surface area contributed by atoms with Crippen LogP contribution < -0.4 is 4.74 Å². The van der Waals surface area contributed by atoms with Crippen LogP contribution in [0.2, 0.25) is 5.02 Å². The molecular weight excluding hydrogens is 293 g/mol. The lowest BCUT2D eigenvalue weighted by Crippen LogP contribution is -2.03. The Morgan fingerprint density at radius 1 is 1.24 bits per heavy atom. The van der Waals surface area contributed by atoms with E-state index >= 15 is 0 Å². The molecule has 0 bridgehead atoms. The third-order valence-corrected chi connectivity index (χ3v) is 3.13. The van der Waals surface area contributed by atoms with Crippen molar-refractivity contribution in [3.8, 4) is 22.9 Å². The summed E-state index contributed by atoms with van der Waals surface area (Å²) in [5, 5.41) is 9.03. The maximum atomic E-state index is 13.3. The van der Waals surface area contributed by atoms with Crippen LogP contribution >= 0.6 is 11.6 Å². The minimum atomic E-state index is -0.492. The van der Waals surface area contributed by atoms with Crippen LogP contribution in [0.5, 0.6) is 5.75 Å². The number of ether oxygens (including phenoxy) is 2. The van der Waals surface area contributed by atoms with Gasteiger partial charge in [-0.05, 0) is 42.8 Å². The predicted octanol–water partition coefficient (Wildman–Crippen LogP) is 4.39. The summed E-state index contributed by atoms with van der Waals surface area (Å²) in [6.45, 7) is 2.50. The number of hydrogen-bond acceptors (Lipinski definition) is 3. The van der Waals surface area contributed by atoms with Gasteiger partial charge in [-0.2, -0.15) is 5.26 Å².